The average Bonchev–Trinajstić information content (AvgIpc) is 2.69. The van der Waals surface area contributed by atoms with Gasteiger partial charge in [-0.05, 0) is 25.5 Å². The van der Waals surface area contributed by atoms with Crippen molar-refractivity contribution in [2.24, 2.45) is 0 Å². The largest absolute Gasteiger partial charge is 0.464 e. The molecule has 0 saturated heterocycles. The van der Waals surface area contributed by atoms with Crippen LogP contribution in [0.3, 0.4) is 0 Å². The van der Waals surface area contributed by atoms with Crippen LogP contribution in [-0.4, -0.2) is 25.0 Å². The molecule has 1 aromatic heterocycles. The van der Waals surface area contributed by atoms with E-state index in [0.717, 1.165) is 11.3 Å². The predicted octanol–water partition coefficient (Wildman–Crippen LogP) is 1.74. The van der Waals surface area contributed by atoms with Gasteiger partial charge in [0, 0.05) is 4.88 Å². The van der Waals surface area contributed by atoms with Gasteiger partial charge in [-0.15, -0.1) is 11.3 Å². The molecule has 0 saturated carbocycles. The molecule has 0 aromatic carbocycles. The first-order valence-corrected chi connectivity index (χ1v) is 5.95. The first-order valence-electron chi connectivity index (χ1n) is 5.13. The van der Waals surface area contributed by atoms with E-state index in [9.17, 15) is 9.59 Å². The van der Waals surface area contributed by atoms with Crippen molar-refractivity contribution in [1.82, 2.24) is 5.32 Å². The van der Waals surface area contributed by atoms with Gasteiger partial charge in [-0.1, -0.05) is 6.92 Å². The molecular weight excluding hydrogens is 226 g/mol. The molecule has 0 aliphatic carbocycles. The molecule has 4 nitrogen and oxygen atoms in total. The maximum Gasteiger partial charge on any atom is 0.325 e. The number of carbonyl (C=O) groups excluding carboxylic acids is 2. The monoisotopic (exact) mass is 241 g/mol. The summed E-state index contributed by atoms with van der Waals surface area (Å²) in [5.41, 5.74) is 0. The number of carbonyl (C=O) groups is 2. The highest BCUT2D eigenvalue weighted by molar-refractivity contribution is 7.13. The van der Waals surface area contributed by atoms with Crippen LogP contribution >= 0.6 is 11.3 Å². The van der Waals surface area contributed by atoms with Crippen molar-refractivity contribution in [3.8, 4) is 0 Å². The number of aryl methyl sites for hydroxylation is 1. The smallest absolute Gasteiger partial charge is 0.325 e. The van der Waals surface area contributed by atoms with Crippen LogP contribution in [-0.2, 0) is 9.53 Å². The topological polar surface area (TPSA) is 55.4 Å². The van der Waals surface area contributed by atoms with Crippen molar-refractivity contribution in [2.45, 2.75) is 20.3 Å². The van der Waals surface area contributed by atoms with Gasteiger partial charge in [0.2, 0.25) is 0 Å². The summed E-state index contributed by atoms with van der Waals surface area (Å²) in [7, 11) is 0. The fourth-order valence-electron chi connectivity index (χ4n) is 1.06. The molecule has 1 N–H and O–H groups in total. The third kappa shape index (κ3) is 4.02. The van der Waals surface area contributed by atoms with Crippen molar-refractivity contribution in [3.63, 3.8) is 0 Å². The van der Waals surface area contributed by atoms with E-state index in [1.807, 2.05) is 19.9 Å². The van der Waals surface area contributed by atoms with Crippen molar-refractivity contribution in [1.29, 1.82) is 0 Å². The highest BCUT2D eigenvalue weighted by Gasteiger charge is 2.09. The van der Waals surface area contributed by atoms with Gasteiger partial charge >= 0.3 is 5.97 Å². The molecule has 1 amide bonds. The lowest BCUT2D eigenvalue weighted by Gasteiger charge is -2.04. The highest BCUT2D eigenvalue weighted by Crippen LogP contribution is 2.14. The fourth-order valence-corrected chi connectivity index (χ4v) is 1.85. The molecule has 0 bridgehead atoms. The Balaban J connectivity index is 2.33. The minimum absolute atomic E-state index is 0.0736. The van der Waals surface area contributed by atoms with Gasteiger partial charge in [0.05, 0.1) is 11.5 Å². The maximum absolute atomic E-state index is 11.5. The number of amides is 1. The molecule has 1 heterocycles. The Kier molecular flexibility index (Phi) is 4.98. The van der Waals surface area contributed by atoms with Crippen molar-refractivity contribution in [3.05, 3.63) is 21.9 Å². The standard InChI is InChI=1S/C11H15NO3S/c1-3-6-15-10(13)7-12-11(14)9-5-4-8(2)16-9/h4-5H,3,6-7H2,1-2H3,(H,12,14). The zero-order valence-corrected chi connectivity index (χ0v) is 10.2. The molecule has 0 spiro atoms. The Morgan fingerprint density at radius 2 is 2.19 bits per heavy atom. The summed E-state index contributed by atoms with van der Waals surface area (Å²) in [6.45, 7) is 4.17. The van der Waals surface area contributed by atoms with Crippen LogP contribution in [0.2, 0.25) is 0 Å². The summed E-state index contributed by atoms with van der Waals surface area (Å²) in [5.74, 6) is -0.630. The Morgan fingerprint density at radius 1 is 1.44 bits per heavy atom. The first-order chi connectivity index (χ1) is 7.63. The molecule has 88 valence electrons. The van der Waals surface area contributed by atoms with E-state index in [2.05, 4.69) is 5.32 Å². The molecule has 1 rings (SSSR count). The van der Waals surface area contributed by atoms with Crippen LogP contribution in [0.15, 0.2) is 12.1 Å². The Labute approximate surface area is 98.6 Å². The van der Waals surface area contributed by atoms with E-state index in [1.54, 1.807) is 6.07 Å². The lowest BCUT2D eigenvalue weighted by Crippen LogP contribution is -2.30. The van der Waals surface area contributed by atoms with Gasteiger partial charge in [0.15, 0.2) is 0 Å². The van der Waals surface area contributed by atoms with Crippen molar-refractivity contribution < 1.29 is 14.3 Å². The first kappa shape index (κ1) is 12.7. The lowest BCUT2D eigenvalue weighted by molar-refractivity contribution is -0.142. The van der Waals surface area contributed by atoms with E-state index >= 15 is 0 Å². The third-order valence-electron chi connectivity index (χ3n) is 1.82. The molecule has 0 aliphatic heterocycles. The molecule has 0 aliphatic rings. The second-order valence-corrected chi connectivity index (χ2v) is 4.60. The van der Waals surface area contributed by atoms with Crippen LogP contribution < -0.4 is 5.32 Å². The number of hydrogen-bond acceptors (Lipinski definition) is 4. The van der Waals surface area contributed by atoms with E-state index in [0.29, 0.717) is 11.5 Å². The highest BCUT2D eigenvalue weighted by atomic mass is 32.1. The van der Waals surface area contributed by atoms with Crippen molar-refractivity contribution >= 4 is 23.2 Å². The van der Waals surface area contributed by atoms with Crippen LogP contribution in [0.25, 0.3) is 0 Å². The number of ether oxygens (including phenoxy) is 1. The second-order valence-electron chi connectivity index (χ2n) is 3.31. The van der Waals surface area contributed by atoms with Gasteiger partial charge in [-0.2, -0.15) is 0 Å². The predicted molar refractivity (Wildman–Crippen MR) is 62.6 cm³/mol. The van der Waals surface area contributed by atoms with Crippen LogP contribution in [0, 0.1) is 6.92 Å². The maximum atomic E-state index is 11.5. The summed E-state index contributed by atoms with van der Waals surface area (Å²) in [6, 6.07) is 3.61. The molecular formula is C11H15NO3S. The van der Waals surface area contributed by atoms with Gasteiger partial charge in [-0.3, -0.25) is 9.59 Å². The molecule has 0 fully saturated rings. The molecule has 1 aromatic rings. The summed E-state index contributed by atoms with van der Waals surface area (Å²) in [4.78, 5) is 24.3. The van der Waals surface area contributed by atoms with E-state index in [-0.39, 0.29) is 12.5 Å². The summed E-state index contributed by atoms with van der Waals surface area (Å²) in [5, 5.41) is 2.52. The molecule has 0 radical (unpaired) electrons. The van der Waals surface area contributed by atoms with E-state index in [1.165, 1.54) is 11.3 Å². The fraction of sp³-hybridized carbons (Fsp3) is 0.455. The minimum Gasteiger partial charge on any atom is -0.464 e. The van der Waals surface area contributed by atoms with Gasteiger partial charge in [-0.25, -0.2) is 0 Å². The number of thiophene rings is 1. The van der Waals surface area contributed by atoms with E-state index in [4.69, 9.17) is 4.74 Å². The lowest BCUT2D eigenvalue weighted by atomic mass is 10.4. The molecule has 16 heavy (non-hydrogen) atoms. The molecule has 0 atom stereocenters. The van der Waals surface area contributed by atoms with Gasteiger partial charge < -0.3 is 10.1 Å². The zero-order valence-electron chi connectivity index (χ0n) is 9.41. The number of esters is 1. The number of hydrogen-bond donors (Lipinski definition) is 1. The Morgan fingerprint density at radius 3 is 2.75 bits per heavy atom. The number of nitrogens with one attached hydrogen (secondary N) is 1. The summed E-state index contributed by atoms with van der Waals surface area (Å²) in [6.07, 6.45) is 0.782. The zero-order chi connectivity index (χ0) is 12.0. The summed E-state index contributed by atoms with van der Waals surface area (Å²) >= 11 is 1.40. The van der Waals surface area contributed by atoms with Crippen molar-refractivity contribution in [2.75, 3.05) is 13.2 Å². The van der Waals surface area contributed by atoms with Gasteiger partial charge in [0.25, 0.3) is 5.91 Å². The van der Waals surface area contributed by atoms with Crippen LogP contribution in [0.4, 0.5) is 0 Å². The molecule has 5 heteroatoms. The normalized spacial score (nSPS) is 9.88. The van der Waals surface area contributed by atoms with Crippen LogP contribution in [0.5, 0.6) is 0 Å². The van der Waals surface area contributed by atoms with Crippen LogP contribution in [0.1, 0.15) is 27.9 Å². The Bertz CT molecular complexity index is 373. The number of rotatable bonds is 5. The van der Waals surface area contributed by atoms with Gasteiger partial charge in [0.1, 0.15) is 6.54 Å². The minimum atomic E-state index is -0.400. The quantitative estimate of drug-likeness (QED) is 0.799. The second kappa shape index (κ2) is 6.27. The summed E-state index contributed by atoms with van der Waals surface area (Å²) < 4.78 is 4.83. The van der Waals surface area contributed by atoms with E-state index < -0.39 is 5.97 Å². The SMILES string of the molecule is CCCOC(=O)CNC(=O)c1ccc(C)s1. The Hall–Kier alpha value is -1.36. The average molecular weight is 241 g/mol. The third-order valence-corrected chi connectivity index (χ3v) is 2.82. The molecule has 0 unspecified atom stereocenters.